The molecule has 0 aliphatic carbocycles. The minimum atomic E-state index is -3.66. The van der Waals surface area contributed by atoms with E-state index < -0.39 is 39.0 Å². The quantitative estimate of drug-likeness (QED) is 0.768. The summed E-state index contributed by atoms with van der Waals surface area (Å²) in [6.07, 6.45) is 0. The molecule has 1 aromatic rings. The number of ether oxygens (including phenoxy) is 1. The van der Waals surface area contributed by atoms with Crippen LogP contribution in [-0.2, 0) is 25.1 Å². The first-order valence-electron chi connectivity index (χ1n) is 5.76. The van der Waals surface area contributed by atoms with Crippen LogP contribution in [0.5, 0.6) is 0 Å². The Morgan fingerprint density at radius 3 is 2.70 bits per heavy atom. The molecule has 0 amide bonds. The Kier molecular flexibility index (Phi) is 5.22. The Balaban J connectivity index is 2.95. The van der Waals surface area contributed by atoms with E-state index in [2.05, 4.69) is 4.74 Å². The summed E-state index contributed by atoms with van der Waals surface area (Å²) in [6.45, 7) is 1.43. The van der Waals surface area contributed by atoms with Gasteiger partial charge in [-0.3, -0.25) is 4.79 Å². The maximum atomic E-state index is 13.1. The second-order valence-corrected chi connectivity index (χ2v) is 6.50. The summed E-state index contributed by atoms with van der Waals surface area (Å²) in [6, 6.07) is 5.14. The smallest absolute Gasteiger partial charge is 0.309 e. The average Bonchev–Trinajstić information content (AvgIpc) is 2.36. The van der Waals surface area contributed by atoms with Gasteiger partial charge in [-0.2, -0.15) is 5.26 Å². The molecule has 0 saturated carbocycles. The van der Waals surface area contributed by atoms with Crippen LogP contribution in [0.3, 0.4) is 0 Å². The third kappa shape index (κ3) is 4.31. The van der Waals surface area contributed by atoms with E-state index in [-0.39, 0.29) is 11.1 Å². The molecule has 0 spiro atoms. The molecule has 0 aliphatic rings. The molecular formula is C13H14FNO4S. The van der Waals surface area contributed by atoms with Crippen molar-refractivity contribution in [2.75, 3.05) is 12.9 Å². The molecule has 1 atom stereocenters. The second kappa shape index (κ2) is 6.48. The van der Waals surface area contributed by atoms with E-state index in [4.69, 9.17) is 5.26 Å². The normalized spacial score (nSPS) is 12.5. The van der Waals surface area contributed by atoms with Crippen LogP contribution in [0, 0.1) is 23.1 Å². The standard InChI is InChI=1S/C13H14FNO4S/c1-9(13(16)19-2)7-20(17,18)8-11-5-12(14)4-3-10(11)6-15/h3-5,9H,7-8H2,1-2H3. The lowest BCUT2D eigenvalue weighted by Gasteiger charge is -2.10. The highest BCUT2D eigenvalue weighted by Gasteiger charge is 2.23. The average molecular weight is 299 g/mol. The SMILES string of the molecule is COC(=O)C(C)CS(=O)(=O)Cc1cc(F)ccc1C#N. The van der Waals surface area contributed by atoms with Gasteiger partial charge >= 0.3 is 5.97 Å². The van der Waals surface area contributed by atoms with Crippen LogP contribution in [0.25, 0.3) is 0 Å². The van der Waals surface area contributed by atoms with Crippen LogP contribution in [0.4, 0.5) is 4.39 Å². The molecule has 1 rings (SSSR count). The van der Waals surface area contributed by atoms with Gasteiger partial charge < -0.3 is 4.74 Å². The van der Waals surface area contributed by atoms with Crippen molar-refractivity contribution in [2.24, 2.45) is 5.92 Å². The molecular weight excluding hydrogens is 285 g/mol. The number of sulfone groups is 1. The highest BCUT2D eigenvalue weighted by atomic mass is 32.2. The molecule has 0 aromatic heterocycles. The minimum Gasteiger partial charge on any atom is -0.469 e. The molecule has 1 aromatic carbocycles. The summed E-state index contributed by atoms with van der Waals surface area (Å²) in [4.78, 5) is 11.2. The maximum absolute atomic E-state index is 13.1. The third-order valence-electron chi connectivity index (χ3n) is 2.67. The van der Waals surface area contributed by atoms with E-state index in [1.54, 1.807) is 0 Å². The fourth-order valence-corrected chi connectivity index (χ4v) is 3.47. The highest BCUT2D eigenvalue weighted by Crippen LogP contribution is 2.16. The molecule has 20 heavy (non-hydrogen) atoms. The number of halogens is 1. The van der Waals surface area contributed by atoms with E-state index in [0.29, 0.717) is 0 Å². The Bertz CT molecular complexity index is 649. The van der Waals surface area contributed by atoms with Crippen LogP contribution in [0.15, 0.2) is 18.2 Å². The molecule has 0 fully saturated rings. The first kappa shape index (κ1) is 16.1. The van der Waals surface area contributed by atoms with Gasteiger partial charge in [0.05, 0.1) is 36.2 Å². The summed E-state index contributed by atoms with van der Waals surface area (Å²) >= 11 is 0. The van der Waals surface area contributed by atoms with Crippen molar-refractivity contribution in [1.82, 2.24) is 0 Å². The van der Waals surface area contributed by atoms with E-state index in [0.717, 1.165) is 12.1 Å². The van der Waals surface area contributed by atoms with Crippen molar-refractivity contribution in [3.63, 3.8) is 0 Å². The monoisotopic (exact) mass is 299 g/mol. The number of carbonyl (C=O) groups is 1. The highest BCUT2D eigenvalue weighted by molar-refractivity contribution is 7.90. The fourth-order valence-electron chi connectivity index (χ4n) is 1.74. The van der Waals surface area contributed by atoms with Crippen molar-refractivity contribution in [2.45, 2.75) is 12.7 Å². The Hall–Kier alpha value is -1.94. The number of benzene rings is 1. The zero-order chi connectivity index (χ0) is 15.3. The number of hydrogen-bond donors (Lipinski definition) is 0. The van der Waals surface area contributed by atoms with Gasteiger partial charge in [0.15, 0.2) is 9.84 Å². The first-order valence-corrected chi connectivity index (χ1v) is 7.58. The molecule has 0 aliphatic heterocycles. The number of rotatable bonds is 5. The topological polar surface area (TPSA) is 84.2 Å². The minimum absolute atomic E-state index is 0.0876. The molecule has 0 heterocycles. The van der Waals surface area contributed by atoms with Gasteiger partial charge in [-0.25, -0.2) is 12.8 Å². The molecule has 0 saturated heterocycles. The third-order valence-corrected chi connectivity index (χ3v) is 4.43. The summed E-state index contributed by atoms with van der Waals surface area (Å²) < 4.78 is 41.5. The zero-order valence-corrected chi connectivity index (χ0v) is 11.9. The number of nitriles is 1. The van der Waals surface area contributed by atoms with Gasteiger partial charge in [-0.05, 0) is 23.8 Å². The van der Waals surface area contributed by atoms with E-state index >= 15 is 0 Å². The van der Waals surface area contributed by atoms with Crippen molar-refractivity contribution >= 4 is 15.8 Å². The molecule has 0 radical (unpaired) electrons. The molecule has 108 valence electrons. The van der Waals surface area contributed by atoms with Crippen molar-refractivity contribution in [1.29, 1.82) is 5.26 Å². The van der Waals surface area contributed by atoms with Crippen LogP contribution in [0.2, 0.25) is 0 Å². The van der Waals surface area contributed by atoms with E-state index in [9.17, 15) is 17.6 Å². The van der Waals surface area contributed by atoms with Crippen LogP contribution in [-0.4, -0.2) is 27.2 Å². The van der Waals surface area contributed by atoms with Gasteiger partial charge in [0, 0.05) is 0 Å². The maximum Gasteiger partial charge on any atom is 0.309 e. The summed E-state index contributed by atoms with van der Waals surface area (Å²) in [5, 5.41) is 8.87. The molecule has 0 bridgehead atoms. The zero-order valence-electron chi connectivity index (χ0n) is 11.1. The second-order valence-electron chi connectivity index (χ2n) is 4.39. The van der Waals surface area contributed by atoms with Crippen molar-refractivity contribution in [3.8, 4) is 6.07 Å². The van der Waals surface area contributed by atoms with E-state index in [1.165, 1.54) is 20.1 Å². The van der Waals surface area contributed by atoms with E-state index in [1.807, 2.05) is 6.07 Å². The van der Waals surface area contributed by atoms with Gasteiger partial charge in [0.1, 0.15) is 5.82 Å². The van der Waals surface area contributed by atoms with Gasteiger partial charge in [0.2, 0.25) is 0 Å². The molecule has 5 nitrogen and oxygen atoms in total. The Morgan fingerprint density at radius 2 is 2.15 bits per heavy atom. The van der Waals surface area contributed by atoms with Gasteiger partial charge in [-0.1, -0.05) is 6.92 Å². The molecule has 0 N–H and O–H groups in total. The number of hydrogen-bond acceptors (Lipinski definition) is 5. The fraction of sp³-hybridized carbons (Fsp3) is 0.385. The molecule has 7 heteroatoms. The number of esters is 1. The van der Waals surface area contributed by atoms with Gasteiger partial charge in [-0.15, -0.1) is 0 Å². The lowest BCUT2D eigenvalue weighted by atomic mass is 10.1. The van der Waals surface area contributed by atoms with Crippen molar-refractivity contribution in [3.05, 3.63) is 35.1 Å². The predicted octanol–water partition coefficient (Wildman–Crippen LogP) is 1.42. The van der Waals surface area contributed by atoms with Crippen molar-refractivity contribution < 1.29 is 22.3 Å². The predicted molar refractivity (Wildman–Crippen MR) is 69.8 cm³/mol. The Labute approximate surface area is 116 Å². The largest absolute Gasteiger partial charge is 0.469 e. The van der Waals surface area contributed by atoms with Crippen LogP contribution in [0.1, 0.15) is 18.1 Å². The van der Waals surface area contributed by atoms with Gasteiger partial charge in [0.25, 0.3) is 0 Å². The number of nitrogens with zero attached hydrogens (tertiary/aromatic N) is 1. The van der Waals surface area contributed by atoms with Crippen LogP contribution < -0.4 is 0 Å². The first-order chi connectivity index (χ1) is 9.29. The number of carbonyl (C=O) groups excluding carboxylic acids is 1. The summed E-state index contributed by atoms with van der Waals surface area (Å²) in [5.41, 5.74) is 0.185. The Morgan fingerprint density at radius 1 is 1.50 bits per heavy atom. The molecule has 1 unspecified atom stereocenters. The summed E-state index contributed by atoms with van der Waals surface area (Å²) in [7, 11) is -2.48. The number of methoxy groups -OCH3 is 1. The lowest BCUT2D eigenvalue weighted by Crippen LogP contribution is -2.23. The lowest BCUT2D eigenvalue weighted by molar-refractivity contribution is -0.144. The summed E-state index contributed by atoms with van der Waals surface area (Å²) in [5.74, 6) is -2.97. The van der Waals surface area contributed by atoms with Crippen LogP contribution >= 0.6 is 0 Å².